The summed E-state index contributed by atoms with van der Waals surface area (Å²) in [6, 6.07) is 6.09. The van der Waals surface area contributed by atoms with Crippen molar-refractivity contribution in [2.75, 3.05) is 20.3 Å². The number of aliphatic hydroxyl groups excluding tert-OH is 1. The highest BCUT2D eigenvalue weighted by molar-refractivity contribution is 9.10. The van der Waals surface area contributed by atoms with Crippen molar-refractivity contribution < 1.29 is 9.84 Å². The molecule has 1 rings (SSSR count). The molecule has 0 aliphatic carbocycles. The van der Waals surface area contributed by atoms with Gasteiger partial charge in [-0.2, -0.15) is 0 Å². The Balaban J connectivity index is 2.25. The average Bonchev–Trinajstić information content (AvgIpc) is 2.34. The summed E-state index contributed by atoms with van der Waals surface area (Å²) >= 11 is 3.47. The summed E-state index contributed by atoms with van der Waals surface area (Å²) in [6.07, 6.45) is 3.09. The first-order chi connectivity index (χ1) is 8.27. The van der Waals surface area contributed by atoms with E-state index in [1.165, 1.54) is 5.56 Å². The van der Waals surface area contributed by atoms with E-state index < -0.39 is 0 Å². The second-order valence-corrected chi connectivity index (χ2v) is 4.78. The smallest absolute Gasteiger partial charge is 0.133 e. The molecule has 0 bridgehead atoms. The highest BCUT2D eigenvalue weighted by atomic mass is 79.9. The van der Waals surface area contributed by atoms with Crippen molar-refractivity contribution in [2.45, 2.75) is 25.8 Å². The number of halogens is 1. The second kappa shape index (κ2) is 8.50. The lowest BCUT2D eigenvalue weighted by atomic mass is 10.2. The normalized spacial score (nSPS) is 10.5. The lowest BCUT2D eigenvalue weighted by Crippen LogP contribution is -2.14. The van der Waals surface area contributed by atoms with Crippen LogP contribution < -0.4 is 10.1 Å². The molecule has 0 heterocycles. The van der Waals surface area contributed by atoms with Crippen LogP contribution in [0.5, 0.6) is 5.75 Å². The van der Waals surface area contributed by atoms with Gasteiger partial charge in [0, 0.05) is 13.2 Å². The highest BCUT2D eigenvalue weighted by Crippen LogP contribution is 2.25. The molecule has 4 heteroatoms. The van der Waals surface area contributed by atoms with E-state index in [1.807, 2.05) is 6.07 Å². The van der Waals surface area contributed by atoms with Crippen molar-refractivity contribution in [3.8, 4) is 5.75 Å². The fraction of sp³-hybridized carbons (Fsp3) is 0.538. The first-order valence-electron chi connectivity index (χ1n) is 5.92. The molecule has 3 nitrogen and oxygen atoms in total. The Kier molecular flexibility index (Phi) is 7.24. The van der Waals surface area contributed by atoms with E-state index >= 15 is 0 Å². The lowest BCUT2D eigenvalue weighted by Gasteiger charge is -2.07. The third-order valence-corrected chi connectivity index (χ3v) is 3.18. The summed E-state index contributed by atoms with van der Waals surface area (Å²) in [6.45, 7) is 2.15. The maximum atomic E-state index is 8.64. The fourth-order valence-corrected chi connectivity index (χ4v) is 2.18. The minimum Gasteiger partial charge on any atom is -0.496 e. The largest absolute Gasteiger partial charge is 0.496 e. The number of aliphatic hydroxyl groups is 1. The van der Waals surface area contributed by atoms with Gasteiger partial charge in [-0.15, -0.1) is 0 Å². The molecular weight excluding hydrogens is 282 g/mol. The van der Waals surface area contributed by atoms with E-state index in [4.69, 9.17) is 9.84 Å². The van der Waals surface area contributed by atoms with Crippen LogP contribution in [-0.2, 0) is 6.54 Å². The standard InChI is InChI=1S/C13H20BrNO2/c1-17-13-6-5-11(9-12(13)14)10-15-7-3-2-4-8-16/h5-6,9,15-16H,2-4,7-8,10H2,1H3. The number of nitrogens with one attached hydrogen (secondary N) is 1. The van der Waals surface area contributed by atoms with Gasteiger partial charge >= 0.3 is 0 Å². The zero-order valence-corrected chi connectivity index (χ0v) is 11.8. The number of hydrogen-bond acceptors (Lipinski definition) is 3. The Hall–Kier alpha value is -0.580. The maximum absolute atomic E-state index is 8.64. The minimum absolute atomic E-state index is 0.297. The van der Waals surface area contributed by atoms with E-state index in [9.17, 15) is 0 Å². The SMILES string of the molecule is COc1ccc(CNCCCCCO)cc1Br. The molecule has 0 aliphatic rings. The van der Waals surface area contributed by atoms with Gasteiger partial charge in [0.05, 0.1) is 11.6 Å². The van der Waals surface area contributed by atoms with Crippen LogP contribution in [0.25, 0.3) is 0 Å². The molecule has 96 valence electrons. The molecule has 17 heavy (non-hydrogen) atoms. The molecule has 0 unspecified atom stereocenters. The van der Waals surface area contributed by atoms with Crippen molar-refractivity contribution in [1.29, 1.82) is 0 Å². The van der Waals surface area contributed by atoms with Crippen LogP contribution in [0, 0.1) is 0 Å². The summed E-state index contributed by atoms with van der Waals surface area (Å²) in [7, 11) is 1.67. The summed E-state index contributed by atoms with van der Waals surface area (Å²) in [5, 5.41) is 12.0. The van der Waals surface area contributed by atoms with Crippen molar-refractivity contribution in [2.24, 2.45) is 0 Å². The molecular formula is C13H20BrNO2. The molecule has 0 atom stereocenters. The van der Waals surface area contributed by atoms with Crippen LogP contribution in [0.1, 0.15) is 24.8 Å². The van der Waals surface area contributed by atoms with Crippen molar-refractivity contribution in [3.05, 3.63) is 28.2 Å². The van der Waals surface area contributed by atoms with Crippen LogP contribution in [0.2, 0.25) is 0 Å². The fourth-order valence-electron chi connectivity index (χ4n) is 1.59. The Morgan fingerprint density at radius 3 is 2.76 bits per heavy atom. The Morgan fingerprint density at radius 1 is 1.29 bits per heavy atom. The maximum Gasteiger partial charge on any atom is 0.133 e. The van der Waals surface area contributed by atoms with Gasteiger partial charge < -0.3 is 15.2 Å². The number of methoxy groups -OCH3 is 1. The number of ether oxygens (including phenoxy) is 1. The van der Waals surface area contributed by atoms with Crippen LogP contribution in [-0.4, -0.2) is 25.4 Å². The Labute approximate surface area is 111 Å². The number of hydrogen-bond donors (Lipinski definition) is 2. The van der Waals surface area contributed by atoms with Gasteiger partial charge in [-0.3, -0.25) is 0 Å². The quantitative estimate of drug-likeness (QED) is 0.726. The van der Waals surface area contributed by atoms with Gasteiger partial charge in [-0.05, 0) is 59.4 Å². The summed E-state index contributed by atoms with van der Waals surface area (Å²) in [5.41, 5.74) is 1.24. The topological polar surface area (TPSA) is 41.5 Å². The predicted molar refractivity (Wildman–Crippen MR) is 73.3 cm³/mol. The van der Waals surface area contributed by atoms with Gasteiger partial charge in [0.15, 0.2) is 0 Å². The van der Waals surface area contributed by atoms with Crippen LogP contribution >= 0.6 is 15.9 Å². The molecule has 0 amide bonds. The second-order valence-electron chi connectivity index (χ2n) is 3.93. The molecule has 0 aromatic heterocycles. The molecule has 1 aromatic carbocycles. The van der Waals surface area contributed by atoms with Gasteiger partial charge in [-0.25, -0.2) is 0 Å². The monoisotopic (exact) mass is 301 g/mol. The predicted octanol–water partition coefficient (Wildman–Crippen LogP) is 2.71. The van der Waals surface area contributed by atoms with E-state index in [1.54, 1.807) is 7.11 Å². The van der Waals surface area contributed by atoms with Crippen LogP contribution in [0.4, 0.5) is 0 Å². The summed E-state index contributed by atoms with van der Waals surface area (Å²) in [4.78, 5) is 0. The van der Waals surface area contributed by atoms with Gasteiger partial charge in [-0.1, -0.05) is 6.07 Å². The van der Waals surface area contributed by atoms with Gasteiger partial charge in [0.1, 0.15) is 5.75 Å². The van der Waals surface area contributed by atoms with E-state index in [2.05, 4.69) is 33.4 Å². The molecule has 0 fully saturated rings. The number of benzene rings is 1. The summed E-state index contributed by atoms with van der Waals surface area (Å²) in [5.74, 6) is 0.858. The zero-order valence-electron chi connectivity index (χ0n) is 10.2. The Morgan fingerprint density at radius 2 is 2.12 bits per heavy atom. The Bertz CT molecular complexity index is 331. The van der Waals surface area contributed by atoms with Crippen LogP contribution in [0.15, 0.2) is 22.7 Å². The van der Waals surface area contributed by atoms with Crippen molar-refractivity contribution >= 4 is 15.9 Å². The number of rotatable bonds is 8. The van der Waals surface area contributed by atoms with Crippen LogP contribution in [0.3, 0.4) is 0 Å². The lowest BCUT2D eigenvalue weighted by molar-refractivity contribution is 0.283. The molecule has 0 aliphatic heterocycles. The molecule has 0 saturated carbocycles. The molecule has 0 spiro atoms. The van der Waals surface area contributed by atoms with E-state index in [0.29, 0.717) is 6.61 Å². The first kappa shape index (κ1) is 14.5. The van der Waals surface area contributed by atoms with Crippen molar-refractivity contribution in [1.82, 2.24) is 5.32 Å². The van der Waals surface area contributed by atoms with E-state index in [0.717, 1.165) is 42.6 Å². The van der Waals surface area contributed by atoms with E-state index in [-0.39, 0.29) is 0 Å². The molecule has 0 radical (unpaired) electrons. The van der Waals surface area contributed by atoms with Gasteiger partial charge in [0.2, 0.25) is 0 Å². The first-order valence-corrected chi connectivity index (χ1v) is 6.71. The van der Waals surface area contributed by atoms with Crippen molar-refractivity contribution in [3.63, 3.8) is 0 Å². The zero-order chi connectivity index (χ0) is 12.5. The van der Waals surface area contributed by atoms with Gasteiger partial charge in [0.25, 0.3) is 0 Å². The average molecular weight is 302 g/mol. The third kappa shape index (κ3) is 5.52. The number of unbranched alkanes of at least 4 members (excludes halogenated alkanes) is 2. The third-order valence-electron chi connectivity index (χ3n) is 2.56. The molecule has 2 N–H and O–H groups in total. The summed E-state index contributed by atoms with van der Waals surface area (Å²) < 4.78 is 6.16. The molecule has 1 aromatic rings. The molecule has 0 saturated heterocycles. The minimum atomic E-state index is 0.297. The highest BCUT2D eigenvalue weighted by Gasteiger charge is 2.00.